The second-order valence-electron chi connectivity index (χ2n) is 1.93. The summed E-state index contributed by atoms with van der Waals surface area (Å²) in [4.78, 5) is 4.17. The molecular weight excluding hydrogens is 304 g/mol. The summed E-state index contributed by atoms with van der Waals surface area (Å²) in [5.74, 6) is 0. The Morgan fingerprint density at radius 1 is 1.58 bits per heavy atom. The minimum absolute atomic E-state index is 0.541. The van der Waals surface area contributed by atoms with Crippen LogP contribution in [0.4, 0.5) is 0 Å². The molecule has 0 atom stereocenters. The van der Waals surface area contributed by atoms with Gasteiger partial charge in [-0.15, -0.1) is 11.8 Å². The molecule has 0 unspecified atom stereocenters. The number of halogens is 2. The first-order valence-electron chi connectivity index (χ1n) is 2.99. The standard InChI is InChI=1S/C7H4Br2N2S/c1-12-7-5(8)2-4(3-10)6(9)11-7/h2H,1H3. The quantitative estimate of drug-likeness (QED) is 0.590. The predicted molar refractivity (Wildman–Crippen MR) is 56.1 cm³/mol. The van der Waals surface area contributed by atoms with Crippen molar-refractivity contribution in [3.8, 4) is 6.07 Å². The Hall–Kier alpha value is -0.0500. The van der Waals surface area contributed by atoms with Gasteiger partial charge in [-0.05, 0) is 44.2 Å². The lowest BCUT2D eigenvalue weighted by atomic mass is 10.3. The summed E-state index contributed by atoms with van der Waals surface area (Å²) in [6.07, 6.45) is 1.94. The van der Waals surface area contributed by atoms with Gasteiger partial charge in [0.2, 0.25) is 0 Å². The molecular formula is C7H4Br2N2S. The fourth-order valence-corrected chi connectivity index (χ4v) is 2.41. The van der Waals surface area contributed by atoms with E-state index in [1.807, 2.05) is 12.3 Å². The van der Waals surface area contributed by atoms with Crippen LogP contribution < -0.4 is 0 Å². The van der Waals surface area contributed by atoms with E-state index in [4.69, 9.17) is 5.26 Å². The topological polar surface area (TPSA) is 36.7 Å². The normalized spacial score (nSPS) is 9.50. The van der Waals surface area contributed by atoms with Crippen LogP contribution in [0.25, 0.3) is 0 Å². The van der Waals surface area contributed by atoms with Gasteiger partial charge < -0.3 is 0 Å². The van der Waals surface area contributed by atoms with Crippen molar-refractivity contribution in [2.45, 2.75) is 5.03 Å². The molecule has 0 saturated heterocycles. The zero-order valence-electron chi connectivity index (χ0n) is 6.14. The van der Waals surface area contributed by atoms with Gasteiger partial charge in [0.25, 0.3) is 0 Å². The summed E-state index contributed by atoms with van der Waals surface area (Å²) in [6, 6.07) is 3.79. The summed E-state index contributed by atoms with van der Waals surface area (Å²) in [6.45, 7) is 0. The smallest absolute Gasteiger partial charge is 0.125 e. The zero-order valence-corrected chi connectivity index (χ0v) is 10.1. The minimum Gasteiger partial charge on any atom is -0.232 e. The highest BCUT2D eigenvalue weighted by Gasteiger charge is 2.06. The van der Waals surface area contributed by atoms with Crippen molar-refractivity contribution in [2.24, 2.45) is 0 Å². The van der Waals surface area contributed by atoms with Crippen molar-refractivity contribution in [1.82, 2.24) is 4.98 Å². The highest BCUT2D eigenvalue weighted by atomic mass is 79.9. The molecule has 62 valence electrons. The number of hydrogen-bond acceptors (Lipinski definition) is 3. The number of hydrogen-bond donors (Lipinski definition) is 0. The molecule has 0 amide bonds. The Morgan fingerprint density at radius 3 is 2.75 bits per heavy atom. The van der Waals surface area contributed by atoms with Gasteiger partial charge in [0, 0.05) is 0 Å². The highest BCUT2D eigenvalue weighted by molar-refractivity contribution is 9.11. The van der Waals surface area contributed by atoms with E-state index in [2.05, 4.69) is 36.8 Å². The molecule has 1 rings (SSSR count). The lowest BCUT2D eigenvalue weighted by Crippen LogP contribution is -1.87. The van der Waals surface area contributed by atoms with Gasteiger partial charge in [0.1, 0.15) is 15.7 Å². The third kappa shape index (κ3) is 2.00. The molecule has 0 spiro atoms. The van der Waals surface area contributed by atoms with Gasteiger partial charge in [0.15, 0.2) is 0 Å². The maximum absolute atomic E-state index is 8.66. The second kappa shape index (κ2) is 4.26. The summed E-state index contributed by atoms with van der Waals surface area (Å²) < 4.78 is 1.45. The number of pyridine rings is 1. The van der Waals surface area contributed by atoms with E-state index in [0.29, 0.717) is 10.2 Å². The molecule has 0 saturated carbocycles. The molecule has 0 radical (unpaired) electrons. The zero-order chi connectivity index (χ0) is 9.14. The van der Waals surface area contributed by atoms with E-state index in [0.717, 1.165) is 9.50 Å². The lowest BCUT2D eigenvalue weighted by Gasteiger charge is -2.01. The van der Waals surface area contributed by atoms with Crippen molar-refractivity contribution >= 4 is 43.6 Å². The third-order valence-electron chi connectivity index (χ3n) is 1.21. The van der Waals surface area contributed by atoms with Gasteiger partial charge in [-0.2, -0.15) is 5.26 Å². The lowest BCUT2D eigenvalue weighted by molar-refractivity contribution is 1.07. The van der Waals surface area contributed by atoms with Crippen LogP contribution in [0.5, 0.6) is 0 Å². The van der Waals surface area contributed by atoms with Crippen molar-refractivity contribution in [1.29, 1.82) is 5.26 Å². The largest absolute Gasteiger partial charge is 0.232 e. The van der Waals surface area contributed by atoms with Crippen molar-refractivity contribution in [3.05, 3.63) is 20.7 Å². The average Bonchev–Trinajstić information content (AvgIpc) is 2.08. The van der Waals surface area contributed by atoms with Gasteiger partial charge >= 0.3 is 0 Å². The van der Waals surface area contributed by atoms with E-state index in [-0.39, 0.29) is 0 Å². The van der Waals surface area contributed by atoms with Crippen LogP contribution in [0.3, 0.4) is 0 Å². The van der Waals surface area contributed by atoms with Crippen molar-refractivity contribution < 1.29 is 0 Å². The molecule has 0 bridgehead atoms. The average molecular weight is 308 g/mol. The van der Waals surface area contributed by atoms with Crippen LogP contribution in [0.1, 0.15) is 5.56 Å². The molecule has 0 N–H and O–H groups in total. The summed E-state index contributed by atoms with van der Waals surface area (Å²) >= 11 is 8.07. The monoisotopic (exact) mass is 306 g/mol. The van der Waals surface area contributed by atoms with Crippen molar-refractivity contribution in [2.75, 3.05) is 6.26 Å². The van der Waals surface area contributed by atoms with Crippen molar-refractivity contribution in [3.63, 3.8) is 0 Å². The first-order chi connectivity index (χ1) is 5.69. The first-order valence-corrected chi connectivity index (χ1v) is 5.80. The maximum atomic E-state index is 8.66. The van der Waals surface area contributed by atoms with E-state index < -0.39 is 0 Å². The summed E-state index contributed by atoms with van der Waals surface area (Å²) in [5, 5.41) is 9.53. The summed E-state index contributed by atoms with van der Waals surface area (Å²) in [5.41, 5.74) is 0.541. The SMILES string of the molecule is CSc1nc(Br)c(C#N)cc1Br. The van der Waals surface area contributed by atoms with Gasteiger partial charge in [-0.3, -0.25) is 0 Å². The Bertz CT molecular complexity index is 345. The maximum Gasteiger partial charge on any atom is 0.125 e. The molecule has 1 heterocycles. The van der Waals surface area contributed by atoms with E-state index in [1.54, 1.807) is 6.07 Å². The van der Waals surface area contributed by atoms with Crippen LogP contribution in [-0.2, 0) is 0 Å². The summed E-state index contributed by atoms with van der Waals surface area (Å²) in [7, 11) is 0. The molecule has 0 aliphatic rings. The molecule has 12 heavy (non-hydrogen) atoms. The van der Waals surface area contributed by atoms with Gasteiger partial charge in [0.05, 0.1) is 10.0 Å². The fourth-order valence-electron chi connectivity index (χ4n) is 0.672. The van der Waals surface area contributed by atoms with Crippen LogP contribution in [-0.4, -0.2) is 11.2 Å². The van der Waals surface area contributed by atoms with E-state index in [9.17, 15) is 0 Å². The third-order valence-corrected chi connectivity index (χ3v) is 3.38. The fraction of sp³-hybridized carbons (Fsp3) is 0.143. The van der Waals surface area contributed by atoms with Crippen LogP contribution >= 0.6 is 43.6 Å². The van der Waals surface area contributed by atoms with Crippen LogP contribution in [0, 0.1) is 11.3 Å². The molecule has 1 aromatic heterocycles. The number of nitriles is 1. The molecule has 5 heteroatoms. The molecule has 2 nitrogen and oxygen atoms in total. The van der Waals surface area contributed by atoms with Gasteiger partial charge in [-0.25, -0.2) is 4.98 Å². The second-order valence-corrected chi connectivity index (χ2v) is 4.33. The first kappa shape index (κ1) is 10.0. The molecule has 1 aromatic rings. The Morgan fingerprint density at radius 2 is 2.25 bits per heavy atom. The Kier molecular flexibility index (Phi) is 3.56. The molecule has 0 aliphatic heterocycles. The molecule has 0 aromatic carbocycles. The predicted octanol–water partition coefficient (Wildman–Crippen LogP) is 3.20. The number of thioether (sulfide) groups is 1. The molecule has 0 aliphatic carbocycles. The highest BCUT2D eigenvalue weighted by Crippen LogP contribution is 2.27. The number of aromatic nitrogens is 1. The van der Waals surface area contributed by atoms with Crippen LogP contribution in [0.2, 0.25) is 0 Å². The minimum atomic E-state index is 0.541. The van der Waals surface area contributed by atoms with Crippen LogP contribution in [0.15, 0.2) is 20.2 Å². The van der Waals surface area contributed by atoms with Gasteiger partial charge in [-0.1, -0.05) is 0 Å². The molecule has 0 fully saturated rings. The Balaban J connectivity index is 3.28. The van der Waals surface area contributed by atoms with E-state index >= 15 is 0 Å². The van der Waals surface area contributed by atoms with E-state index in [1.165, 1.54) is 11.8 Å². The Labute approximate surface area is 91.6 Å². The number of rotatable bonds is 1. The number of nitrogens with zero attached hydrogens (tertiary/aromatic N) is 2.